The van der Waals surface area contributed by atoms with E-state index in [2.05, 4.69) is 46.5 Å². The molecule has 1 saturated heterocycles. The second-order valence-electron chi connectivity index (χ2n) is 6.10. The summed E-state index contributed by atoms with van der Waals surface area (Å²) in [5.74, 6) is 0.0714. The van der Waals surface area contributed by atoms with E-state index in [9.17, 15) is 4.79 Å². The highest BCUT2D eigenvalue weighted by atomic mass is 16.5. The van der Waals surface area contributed by atoms with Gasteiger partial charge in [0.15, 0.2) is 11.5 Å². The smallest absolute Gasteiger partial charge is 0.273 e. The van der Waals surface area contributed by atoms with Gasteiger partial charge < -0.3 is 15.8 Å². The monoisotopic (exact) mass is 326 g/mol. The van der Waals surface area contributed by atoms with E-state index in [0.717, 1.165) is 25.0 Å². The second kappa shape index (κ2) is 7.40. The van der Waals surface area contributed by atoms with Crippen molar-refractivity contribution >= 4 is 11.7 Å². The minimum atomic E-state index is -0.297. The quantitative estimate of drug-likeness (QED) is 0.899. The fourth-order valence-electron chi connectivity index (χ4n) is 3.01. The molecule has 126 valence electrons. The van der Waals surface area contributed by atoms with Gasteiger partial charge in [0, 0.05) is 31.5 Å². The number of aryl methyl sites for hydroxylation is 1. The highest BCUT2D eigenvalue weighted by Gasteiger charge is 2.28. The number of carbonyl (C=O) groups is 1. The van der Waals surface area contributed by atoms with Crippen molar-refractivity contribution in [2.24, 2.45) is 5.92 Å². The summed E-state index contributed by atoms with van der Waals surface area (Å²) >= 11 is 0. The lowest BCUT2D eigenvalue weighted by atomic mass is 9.89. The third kappa shape index (κ3) is 3.71. The van der Waals surface area contributed by atoms with Gasteiger partial charge in [-0.05, 0) is 25.3 Å². The molecular formula is C18H22N4O2. The minimum absolute atomic E-state index is 0.00106. The van der Waals surface area contributed by atoms with Crippen molar-refractivity contribution in [1.82, 2.24) is 15.3 Å². The van der Waals surface area contributed by atoms with Crippen LogP contribution in [0.1, 0.15) is 40.6 Å². The lowest BCUT2D eigenvalue weighted by Gasteiger charge is -2.32. The van der Waals surface area contributed by atoms with Crippen molar-refractivity contribution in [3.63, 3.8) is 0 Å². The molecule has 0 saturated carbocycles. The topological polar surface area (TPSA) is 90.1 Å². The molecule has 6 nitrogen and oxygen atoms in total. The Morgan fingerprint density at radius 1 is 1.29 bits per heavy atom. The fourth-order valence-corrected chi connectivity index (χ4v) is 3.01. The molecule has 0 radical (unpaired) electrons. The summed E-state index contributed by atoms with van der Waals surface area (Å²) < 4.78 is 5.97. The maximum absolute atomic E-state index is 12.3. The first-order chi connectivity index (χ1) is 11.6. The molecule has 3 rings (SSSR count). The van der Waals surface area contributed by atoms with Gasteiger partial charge >= 0.3 is 0 Å². The van der Waals surface area contributed by atoms with E-state index >= 15 is 0 Å². The third-order valence-electron chi connectivity index (χ3n) is 4.32. The molecule has 24 heavy (non-hydrogen) atoms. The third-order valence-corrected chi connectivity index (χ3v) is 4.32. The van der Waals surface area contributed by atoms with Gasteiger partial charge in [-0.2, -0.15) is 0 Å². The summed E-state index contributed by atoms with van der Waals surface area (Å²) in [6.07, 6.45) is 4.93. The van der Waals surface area contributed by atoms with Crippen molar-refractivity contribution in [1.29, 1.82) is 0 Å². The molecule has 0 bridgehead atoms. The van der Waals surface area contributed by atoms with Crippen LogP contribution in [-0.4, -0.2) is 29.0 Å². The number of hydrogen-bond donors (Lipinski definition) is 2. The van der Waals surface area contributed by atoms with Gasteiger partial charge in [-0.25, -0.2) is 9.97 Å². The Kier molecular flexibility index (Phi) is 5.05. The highest BCUT2D eigenvalue weighted by molar-refractivity contribution is 5.96. The summed E-state index contributed by atoms with van der Waals surface area (Å²) in [4.78, 5) is 20.2. The molecule has 6 heteroatoms. The SMILES string of the molecule is Cc1ccc([C@H]2OCCC[C@H]2CNC(=O)c2nccnc2N)cc1. The number of amides is 1. The second-order valence-corrected chi connectivity index (χ2v) is 6.10. The van der Waals surface area contributed by atoms with Crippen LogP contribution < -0.4 is 11.1 Å². The molecule has 1 aromatic heterocycles. The van der Waals surface area contributed by atoms with Crippen LogP contribution in [-0.2, 0) is 4.74 Å². The maximum atomic E-state index is 12.3. The number of hydrogen-bond acceptors (Lipinski definition) is 5. The molecule has 0 spiro atoms. The largest absolute Gasteiger partial charge is 0.382 e. The van der Waals surface area contributed by atoms with Crippen LogP contribution in [0.5, 0.6) is 0 Å². The number of carbonyl (C=O) groups excluding carboxylic acids is 1. The zero-order chi connectivity index (χ0) is 16.9. The summed E-state index contributed by atoms with van der Waals surface area (Å²) in [6, 6.07) is 8.37. The lowest BCUT2D eigenvalue weighted by molar-refractivity contribution is -0.0272. The molecule has 0 unspecified atom stereocenters. The van der Waals surface area contributed by atoms with E-state index in [4.69, 9.17) is 10.5 Å². The molecule has 3 N–H and O–H groups in total. The number of nitrogen functional groups attached to an aromatic ring is 1. The van der Waals surface area contributed by atoms with Crippen LogP contribution in [0.3, 0.4) is 0 Å². The van der Waals surface area contributed by atoms with Crippen molar-refractivity contribution in [3.05, 3.63) is 53.5 Å². The molecule has 1 aliphatic heterocycles. The van der Waals surface area contributed by atoms with E-state index in [1.54, 1.807) is 0 Å². The van der Waals surface area contributed by atoms with E-state index in [1.165, 1.54) is 18.0 Å². The molecule has 1 aliphatic rings. The van der Waals surface area contributed by atoms with E-state index in [0.29, 0.717) is 6.54 Å². The number of nitrogens with zero attached hydrogens (tertiary/aromatic N) is 2. The Morgan fingerprint density at radius 2 is 2.04 bits per heavy atom. The number of ether oxygens (including phenoxy) is 1. The van der Waals surface area contributed by atoms with Gasteiger partial charge in [-0.1, -0.05) is 29.8 Å². The molecular weight excluding hydrogens is 304 g/mol. The zero-order valence-corrected chi connectivity index (χ0v) is 13.7. The van der Waals surface area contributed by atoms with Crippen molar-refractivity contribution in [2.45, 2.75) is 25.9 Å². The Morgan fingerprint density at radius 3 is 2.79 bits per heavy atom. The molecule has 1 aromatic carbocycles. The summed E-state index contributed by atoms with van der Waals surface area (Å²) in [5, 5.41) is 2.92. The van der Waals surface area contributed by atoms with Crippen LogP contribution in [0.15, 0.2) is 36.7 Å². The molecule has 2 aromatic rings. The summed E-state index contributed by atoms with van der Waals surface area (Å²) in [7, 11) is 0. The molecule has 0 aliphatic carbocycles. The standard InChI is InChI=1S/C18H22N4O2/c1-12-4-6-13(7-5-12)16-14(3-2-10-24-16)11-22-18(23)15-17(19)21-9-8-20-15/h4-9,14,16H,2-3,10-11H2,1H3,(H2,19,21)(H,22,23)/t14-,16+/m0/s1. The van der Waals surface area contributed by atoms with Crippen LogP contribution in [0, 0.1) is 12.8 Å². The van der Waals surface area contributed by atoms with Gasteiger partial charge in [0.1, 0.15) is 0 Å². The summed E-state index contributed by atoms with van der Waals surface area (Å²) in [5.41, 5.74) is 8.24. The first-order valence-corrected chi connectivity index (χ1v) is 8.18. The average molecular weight is 326 g/mol. The van der Waals surface area contributed by atoms with E-state index in [1.807, 2.05) is 0 Å². The Bertz CT molecular complexity index is 702. The van der Waals surface area contributed by atoms with Gasteiger partial charge in [-0.15, -0.1) is 0 Å². The number of nitrogens with one attached hydrogen (secondary N) is 1. The van der Waals surface area contributed by atoms with Gasteiger partial charge in [0.2, 0.25) is 0 Å². The van der Waals surface area contributed by atoms with Crippen molar-refractivity contribution < 1.29 is 9.53 Å². The van der Waals surface area contributed by atoms with Crippen LogP contribution in [0.25, 0.3) is 0 Å². The predicted octanol–water partition coefficient (Wildman–Crippen LogP) is 2.26. The van der Waals surface area contributed by atoms with Gasteiger partial charge in [0.05, 0.1) is 6.10 Å². The van der Waals surface area contributed by atoms with Crippen molar-refractivity contribution in [2.75, 3.05) is 18.9 Å². The molecule has 1 fully saturated rings. The Hall–Kier alpha value is -2.47. The number of benzene rings is 1. The Balaban J connectivity index is 1.67. The van der Waals surface area contributed by atoms with E-state index < -0.39 is 0 Å². The normalized spacial score (nSPS) is 20.5. The first-order valence-electron chi connectivity index (χ1n) is 8.18. The van der Waals surface area contributed by atoms with E-state index in [-0.39, 0.29) is 29.4 Å². The Labute approximate surface area is 141 Å². The molecule has 2 heterocycles. The number of rotatable bonds is 4. The molecule has 2 atom stereocenters. The van der Waals surface area contributed by atoms with Crippen LogP contribution in [0.4, 0.5) is 5.82 Å². The fraction of sp³-hybridized carbons (Fsp3) is 0.389. The van der Waals surface area contributed by atoms with Crippen molar-refractivity contribution in [3.8, 4) is 0 Å². The number of anilines is 1. The predicted molar refractivity (Wildman–Crippen MR) is 91.4 cm³/mol. The highest BCUT2D eigenvalue weighted by Crippen LogP contribution is 2.33. The van der Waals surface area contributed by atoms with Gasteiger partial charge in [0.25, 0.3) is 5.91 Å². The summed E-state index contributed by atoms with van der Waals surface area (Å²) in [6.45, 7) is 3.34. The van der Waals surface area contributed by atoms with Crippen LogP contribution in [0.2, 0.25) is 0 Å². The zero-order valence-electron chi connectivity index (χ0n) is 13.7. The number of aromatic nitrogens is 2. The van der Waals surface area contributed by atoms with Gasteiger partial charge in [-0.3, -0.25) is 4.79 Å². The minimum Gasteiger partial charge on any atom is -0.382 e. The average Bonchev–Trinajstić information content (AvgIpc) is 2.61. The molecule has 1 amide bonds. The maximum Gasteiger partial charge on any atom is 0.273 e. The first kappa shape index (κ1) is 16.4. The lowest BCUT2D eigenvalue weighted by Crippen LogP contribution is -2.35. The van der Waals surface area contributed by atoms with Crippen LogP contribution >= 0.6 is 0 Å². The number of nitrogens with two attached hydrogens (primary N) is 1.